The van der Waals surface area contributed by atoms with Crippen LogP contribution in [0.25, 0.3) is 0 Å². The third kappa shape index (κ3) is 10.1. The Morgan fingerprint density at radius 2 is 1.62 bits per heavy atom. The highest BCUT2D eigenvalue weighted by molar-refractivity contribution is 6.32. The Morgan fingerprint density at radius 3 is 2.29 bits per heavy atom. The number of fused-ring (bicyclic) bond motifs is 14. The molecule has 65 heavy (non-hydrogen) atoms. The Labute approximate surface area is 379 Å². The van der Waals surface area contributed by atoms with Gasteiger partial charge in [-0.2, -0.15) is 0 Å². The zero-order valence-electron chi connectivity index (χ0n) is 38.2. The number of amides is 2. The van der Waals surface area contributed by atoms with Gasteiger partial charge in [0.05, 0.1) is 54.5 Å². The van der Waals surface area contributed by atoms with Crippen molar-refractivity contribution in [3.63, 3.8) is 0 Å². The number of aliphatic hydroxyl groups is 2. The standard InChI is InChI=1S/C49H61N3O13/c1-26-14-12-15-27(2)47(59)51-37-38(52-21-24-62-25-22-52)43(57)34-35(42(37)56)41(55)31(6)45-36(34)46(58)49(7,65-45)63-23-19-33(61-8)28(3)44(30(5)40(54)29(4)39(26)53)64-48(60)50-20-13-18-32-16-10-9-11-17-32/h9-12,14-17,19,23,26,28-30,33,39-40,44,53-55H,13,18,20-22,24-25H2,1-8H3,(H,50,60)(H,51,59)/b14-12+,23-19+,27-15-/t26-,28+,29+,30+,33-,39-,40+,44+,49-/m0/s1. The number of nitrogens with one attached hydrogen (secondary N) is 2. The van der Waals surface area contributed by atoms with Crippen LogP contribution in [0.4, 0.5) is 4.79 Å². The van der Waals surface area contributed by atoms with Gasteiger partial charge in [0.1, 0.15) is 29.0 Å². The molecule has 0 spiro atoms. The molecule has 350 valence electrons. The number of Topliss-reactive ketones (excluding diaryl/α,β-unsaturated/α-hetero) is 3. The highest BCUT2D eigenvalue weighted by Gasteiger charge is 2.53. The second-order valence-electron chi connectivity index (χ2n) is 17.4. The summed E-state index contributed by atoms with van der Waals surface area (Å²) in [7, 11) is 1.44. The molecular weight excluding hydrogens is 839 g/mol. The number of methoxy groups -OCH3 is 1. The lowest BCUT2D eigenvalue weighted by atomic mass is 9.78. The molecule has 4 heterocycles. The minimum Gasteiger partial charge on any atom is -0.507 e. The van der Waals surface area contributed by atoms with Crippen LogP contribution in [0.5, 0.6) is 11.5 Å². The third-order valence-electron chi connectivity index (χ3n) is 13.0. The highest BCUT2D eigenvalue weighted by Crippen LogP contribution is 2.49. The number of alkyl carbamates (subject to hydrolysis) is 1. The van der Waals surface area contributed by atoms with Gasteiger partial charge in [0, 0.05) is 68.5 Å². The number of aromatic hydroxyl groups is 1. The molecule has 1 fully saturated rings. The highest BCUT2D eigenvalue weighted by atomic mass is 16.7. The molecule has 1 saturated heterocycles. The molecule has 16 nitrogen and oxygen atoms in total. The van der Waals surface area contributed by atoms with E-state index in [0.29, 0.717) is 13.0 Å². The number of aliphatic hydroxyl groups excluding tert-OH is 2. The summed E-state index contributed by atoms with van der Waals surface area (Å²) in [4.78, 5) is 72.6. The van der Waals surface area contributed by atoms with Crippen LogP contribution in [-0.2, 0) is 30.2 Å². The van der Waals surface area contributed by atoms with Crippen LogP contribution in [0.1, 0.15) is 90.2 Å². The molecule has 0 radical (unpaired) electrons. The second-order valence-corrected chi connectivity index (χ2v) is 17.4. The fourth-order valence-electron chi connectivity index (χ4n) is 8.87. The van der Waals surface area contributed by atoms with Crippen molar-refractivity contribution in [2.24, 2.45) is 23.7 Å². The van der Waals surface area contributed by atoms with Crippen molar-refractivity contribution in [1.29, 1.82) is 0 Å². The first-order valence-electron chi connectivity index (χ1n) is 22.1. The van der Waals surface area contributed by atoms with Crippen LogP contribution in [0.3, 0.4) is 0 Å². The summed E-state index contributed by atoms with van der Waals surface area (Å²) >= 11 is 0. The monoisotopic (exact) mass is 899 g/mol. The number of rotatable bonds is 7. The molecule has 5 aliphatic rings. The summed E-state index contributed by atoms with van der Waals surface area (Å²) < 4.78 is 29.6. The maximum absolute atomic E-state index is 14.8. The third-order valence-corrected chi connectivity index (χ3v) is 13.0. The van der Waals surface area contributed by atoms with E-state index in [1.165, 1.54) is 46.3 Å². The number of ether oxygens (including phenoxy) is 5. The number of allylic oxidation sites excluding steroid dienone is 4. The van der Waals surface area contributed by atoms with Crippen LogP contribution < -0.4 is 15.4 Å². The van der Waals surface area contributed by atoms with E-state index < -0.39 is 94.5 Å². The Kier molecular flexibility index (Phi) is 15.4. The Hall–Kier alpha value is -5.81. The number of carbonyl (C=O) groups excluding carboxylic acids is 5. The molecule has 4 aliphatic heterocycles. The molecule has 16 heteroatoms. The van der Waals surface area contributed by atoms with Gasteiger partial charge in [-0.15, -0.1) is 0 Å². The SMILES string of the molecule is CO[C@H]1/C=C/O[C@@]2(C)Oc3c(C)c(O)c4c(c3C2=O)C(=O)C(N2CCOCC2)=C(NC(=O)/C(C)=C\C=C\[C@H](C)[C@H](O)[C@@H](C)[C@@H](O)[C@@H](C)[C@H](OC(=O)NCCCc2ccccc2)[C@@H]1C)C4=O. The molecule has 5 bridgehead atoms. The molecular formula is C49H61N3O13. The van der Waals surface area contributed by atoms with Crippen molar-refractivity contribution < 1.29 is 63.0 Å². The van der Waals surface area contributed by atoms with Crippen molar-refractivity contribution in [1.82, 2.24) is 15.5 Å². The summed E-state index contributed by atoms with van der Waals surface area (Å²) in [5.74, 6) is -8.75. The molecule has 9 atom stereocenters. The molecule has 0 saturated carbocycles. The van der Waals surface area contributed by atoms with Crippen molar-refractivity contribution >= 4 is 29.4 Å². The maximum atomic E-state index is 14.8. The predicted octanol–water partition coefficient (Wildman–Crippen LogP) is 5.09. The summed E-state index contributed by atoms with van der Waals surface area (Å²) in [6.45, 7) is 12.3. The topological polar surface area (TPSA) is 219 Å². The summed E-state index contributed by atoms with van der Waals surface area (Å²) in [5.41, 5.74) is -0.380. The minimum absolute atomic E-state index is 0.00315. The van der Waals surface area contributed by atoms with Crippen molar-refractivity contribution in [3.05, 3.63) is 106 Å². The Morgan fingerprint density at radius 1 is 0.923 bits per heavy atom. The van der Waals surface area contributed by atoms with Gasteiger partial charge < -0.3 is 54.5 Å². The number of hydrogen-bond acceptors (Lipinski definition) is 14. The summed E-state index contributed by atoms with van der Waals surface area (Å²) in [6, 6.07) is 9.85. The molecule has 7 rings (SSSR count). The van der Waals surface area contributed by atoms with Crippen LogP contribution in [0.2, 0.25) is 0 Å². The normalized spacial score (nSPS) is 30.7. The quantitative estimate of drug-likeness (QED) is 0.229. The number of aryl methyl sites for hydroxylation is 1. The van der Waals surface area contributed by atoms with E-state index in [-0.39, 0.29) is 65.7 Å². The van der Waals surface area contributed by atoms with Crippen molar-refractivity contribution in [2.75, 3.05) is 40.0 Å². The van der Waals surface area contributed by atoms with Crippen molar-refractivity contribution in [2.45, 2.75) is 91.5 Å². The van der Waals surface area contributed by atoms with E-state index in [1.807, 2.05) is 30.3 Å². The number of phenols is 1. The van der Waals surface area contributed by atoms with E-state index in [9.17, 15) is 39.3 Å². The fourth-order valence-corrected chi connectivity index (χ4v) is 8.87. The molecule has 5 N–H and O–H groups in total. The van der Waals surface area contributed by atoms with Crippen LogP contribution in [-0.4, -0.2) is 120 Å². The maximum Gasteiger partial charge on any atom is 0.407 e. The Bertz CT molecular complexity index is 2280. The van der Waals surface area contributed by atoms with Gasteiger partial charge in [0.15, 0.2) is 0 Å². The summed E-state index contributed by atoms with van der Waals surface area (Å²) in [5, 5.41) is 40.3. The first-order chi connectivity index (χ1) is 30.9. The van der Waals surface area contributed by atoms with Gasteiger partial charge in [0.2, 0.25) is 11.6 Å². The predicted molar refractivity (Wildman–Crippen MR) is 238 cm³/mol. The number of nitrogens with zero attached hydrogens (tertiary/aromatic N) is 1. The van der Waals surface area contributed by atoms with Crippen LogP contribution in [0.15, 0.2) is 77.9 Å². The van der Waals surface area contributed by atoms with E-state index in [4.69, 9.17) is 23.7 Å². The molecule has 1 aliphatic carbocycles. The average molecular weight is 900 g/mol. The zero-order chi connectivity index (χ0) is 47.3. The lowest BCUT2D eigenvalue weighted by molar-refractivity contribution is -0.116. The van der Waals surface area contributed by atoms with Gasteiger partial charge in [0.25, 0.3) is 11.7 Å². The number of carbonyl (C=O) groups is 5. The number of hydrogen-bond donors (Lipinski definition) is 5. The van der Waals surface area contributed by atoms with Gasteiger partial charge in [-0.05, 0) is 38.3 Å². The van der Waals surface area contributed by atoms with Gasteiger partial charge in [-0.25, -0.2) is 4.79 Å². The van der Waals surface area contributed by atoms with Gasteiger partial charge in [-0.3, -0.25) is 19.2 Å². The van der Waals surface area contributed by atoms with Crippen molar-refractivity contribution in [3.8, 4) is 11.5 Å². The second kappa shape index (κ2) is 20.6. The first kappa shape index (κ1) is 48.6. The molecule has 2 aromatic carbocycles. The van der Waals surface area contributed by atoms with Crippen LogP contribution >= 0.6 is 0 Å². The number of morpholine rings is 1. The lowest BCUT2D eigenvalue weighted by Gasteiger charge is -2.38. The zero-order valence-corrected chi connectivity index (χ0v) is 38.2. The first-order valence-corrected chi connectivity index (χ1v) is 22.1. The smallest absolute Gasteiger partial charge is 0.407 e. The molecule has 2 amide bonds. The van der Waals surface area contributed by atoms with Gasteiger partial charge >= 0.3 is 11.9 Å². The fraction of sp³-hybridized carbons (Fsp3) is 0.490. The largest absolute Gasteiger partial charge is 0.507 e. The number of ketones is 3. The lowest BCUT2D eigenvalue weighted by Crippen LogP contribution is -2.47. The molecule has 0 aromatic heterocycles. The number of phenolic OH excluding ortho intramolecular Hbond substituents is 1. The van der Waals surface area contributed by atoms with Crippen LogP contribution in [0, 0.1) is 30.6 Å². The van der Waals surface area contributed by atoms with E-state index >= 15 is 0 Å². The molecule has 2 aromatic rings. The van der Waals surface area contributed by atoms with E-state index in [2.05, 4.69) is 10.6 Å². The Balaban J connectivity index is 1.38. The van der Waals surface area contributed by atoms with E-state index in [1.54, 1.807) is 44.7 Å². The molecule has 0 unspecified atom stereocenters. The average Bonchev–Trinajstić information content (AvgIpc) is 3.56. The number of benzene rings is 2. The van der Waals surface area contributed by atoms with Gasteiger partial charge in [-0.1, -0.05) is 76.3 Å². The minimum atomic E-state index is -2.10. The van der Waals surface area contributed by atoms with E-state index in [0.717, 1.165) is 12.0 Å². The summed E-state index contributed by atoms with van der Waals surface area (Å²) in [6.07, 6.45) is 3.93.